The SMILES string of the molecule is CC(C)(CO)Sc1nc(-c2ccccc2)c(-c2ccccc2)s1. The third kappa shape index (κ3) is 3.83. The number of benzene rings is 2. The molecule has 0 amide bonds. The summed E-state index contributed by atoms with van der Waals surface area (Å²) >= 11 is 3.32. The first kappa shape index (κ1) is 16.2. The summed E-state index contributed by atoms with van der Waals surface area (Å²) in [6.45, 7) is 4.19. The second kappa shape index (κ2) is 6.87. The molecular formula is C19H19NOS2. The molecule has 0 radical (unpaired) electrons. The van der Waals surface area contributed by atoms with E-state index in [-0.39, 0.29) is 11.4 Å². The molecule has 0 spiro atoms. The monoisotopic (exact) mass is 341 g/mol. The number of aromatic nitrogens is 1. The Balaban J connectivity index is 2.08. The molecule has 1 heterocycles. The van der Waals surface area contributed by atoms with Gasteiger partial charge in [0.1, 0.15) is 0 Å². The van der Waals surface area contributed by atoms with Gasteiger partial charge in [0.25, 0.3) is 0 Å². The Morgan fingerprint density at radius 2 is 1.52 bits per heavy atom. The maximum absolute atomic E-state index is 9.52. The highest BCUT2D eigenvalue weighted by atomic mass is 32.2. The Morgan fingerprint density at radius 1 is 0.957 bits per heavy atom. The Kier molecular flexibility index (Phi) is 4.85. The maximum Gasteiger partial charge on any atom is 0.151 e. The van der Waals surface area contributed by atoms with Crippen LogP contribution in [0.1, 0.15) is 13.8 Å². The first-order valence-electron chi connectivity index (χ1n) is 7.50. The molecule has 0 unspecified atom stereocenters. The van der Waals surface area contributed by atoms with Crippen molar-refractivity contribution in [1.29, 1.82) is 0 Å². The minimum Gasteiger partial charge on any atom is -0.395 e. The first-order chi connectivity index (χ1) is 11.1. The first-order valence-corrected chi connectivity index (χ1v) is 9.14. The smallest absolute Gasteiger partial charge is 0.151 e. The van der Waals surface area contributed by atoms with Gasteiger partial charge in [0.2, 0.25) is 0 Å². The third-order valence-corrected chi connectivity index (χ3v) is 5.78. The fourth-order valence-electron chi connectivity index (χ4n) is 2.19. The zero-order valence-corrected chi connectivity index (χ0v) is 14.8. The summed E-state index contributed by atoms with van der Waals surface area (Å²) in [4.78, 5) is 6.03. The highest BCUT2D eigenvalue weighted by Crippen LogP contribution is 2.43. The molecule has 0 aliphatic heterocycles. The standard InChI is InChI=1S/C19H19NOS2/c1-19(2,13-21)23-18-20-16(14-9-5-3-6-10-14)17(22-18)15-11-7-4-8-12-15/h3-12,21H,13H2,1-2H3. The summed E-state index contributed by atoms with van der Waals surface area (Å²) < 4.78 is 0.751. The molecule has 0 aliphatic rings. The lowest BCUT2D eigenvalue weighted by atomic mass is 10.1. The van der Waals surface area contributed by atoms with Gasteiger partial charge < -0.3 is 5.11 Å². The van der Waals surface area contributed by atoms with Gasteiger partial charge in [-0.1, -0.05) is 72.4 Å². The topological polar surface area (TPSA) is 33.1 Å². The summed E-state index contributed by atoms with van der Waals surface area (Å²) in [6.07, 6.45) is 0. The second-order valence-corrected chi connectivity index (χ2v) is 8.86. The van der Waals surface area contributed by atoms with E-state index in [2.05, 4.69) is 24.3 Å². The Morgan fingerprint density at radius 3 is 2.09 bits per heavy atom. The van der Waals surface area contributed by atoms with Crippen LogP contribution in [-0.2, 0) is 0 Å². The molecule has 1 aromatic heterocycles. The van der Waals surface area contributed by atoms with Gasteiger partial charge in [-0.2, -0.15) is 0 Å². The predicted molar refractivity (Wildman–Crippen MR) is 100 cm³/mol. The molecule has 3 aromatic rings. The highest BCUT2D eigenvalue weighted by Gasteiger charge is 2.23. The average Bonchev–Trinajstić information content (AvgIpc) is 2.99. The second-order valence-electron chi connectivity index (χ2n) is 5.91. The van der Waals surface area contributed by atoms with Crippen molar-refractivity contribution in [2.75, 3.05) is 6.61 Å². The highest BCUT2D eigenvalue weighted by molar-refractivity contribution is 8.02. The van der Waals surface area contributed by atoms with Crippen LogP contribution >= 0.6 is 23.1 Å². The van der Waals surface area contributed by atoms with Crippen molar-refractivity contribution >= 4 is 23.1 Å². The zero-order chi connectivity index (χ0) is 16.3. The summed E-state index contributed by atoms with van der Waals surface area (Å²) in [5.74, 6) is 0. The van der Waals surface area contributed by atoms with Crippen molar-refractivity contribution in [3.05, 3.63) is 60.7 Å². The molecule has 2 nitrogen and oxygen atoms in total. The molecule has 0 atom stereocenters. The predicted octanol–water partition coefficient (Wildman–Crippen LogP) is 5.34. The summed E-state index contributed by atoms with van der Waals surface area (Å²) in [7, 11) is 0. The number of thioether (sulfide) groups is 1. The number of rotatable bonds is 5. The minimum absolute atomic E-state index is 0.124. The molecule has 0 saturated carbocycles. The van der Waals surface area contributed by atoms with Crippen molar-refractivity contribution in [1.82, 2.24) is 4.98 Å². The van der Waals surface area contributed by atoms with Crippen LogP contribution < -0.4 is 0 Å². The molecule has 118 valence electrons. The molecule has 0 aliphatic carbocycles. The van der Waals surface area contributed by atoms with Crippen molar-refractivity contribution in [3.63, 3.8) is 0 Å². The van der Waals surface area contributed by atoms with Gasteiger partial charge in [0, 0.05) is 10.3 Å². The van der Waals surface area contributed by atoms with E-state index in [9.17, 15) is 5.11 Å². The van der Waals surface area contributed by atoms with E-state index in [1.54, 1.807) is 23.1 Å². The van der Waals surface area contributed by atoms with Crippen molar-refractivity contribution in [2.24, 2.45) is 0 Å². The number of hydrogen-bond acceptors (Lipinski definition) is 4. The molecule has 0 bridgehead atoms. The maximum atomic E-state index is 9.52. The Hall–Kier alpha value is -1.62. The average molecular weight is 342 g/mol. The van der Waals surface area contributed by atoms with E-state index >= 15 is 0 Å². The number of nitrogens with zero attached hydrogens (tertiary/aromatic N) is 1. The summed E-state index contributed by atoms with van der Waals surface area (Å²) in [5.41, 5.74) is 3.31. The fourth-order valence-corrected chi connectivity index (χ4v) is 4.78. The van der Waals surface area contributed by atoms with E-state index in [1.165, 1.54) is 10.4 Å². The van der Waals surface area contributed by atoms with Crippen LogP contribution in [0, 0.1) is 0 Å². The molecule has 23 heavy (non-hydrogen) atoms. The molecule has 1 N–H and O–H groups in total. The van der Waals surface area contributed by atoms with Crippen LogP contribution in [0.25, 0.3) is 21.7 Å². The van der Waals surface area contributed by atoms with E-state index in [1.807, 2.05) is 50.2 Å². The minimum atomic E-state index is -0.236. The van der Waals surface area contributed by atoms with Crippen LogP contribution in [0.2, 0.25) is 0 Å². The number of aliphatic hydroxyl groups is 1. The quantitative estimate of drug-likeness (QED) is 0.636. The number of aliphatic hydroxyl groups excluding tert-OH is 1. The van der Waals surface area contributed by atoms with Crippen molar-refractivity contribution in [2.45, 2.75) is 22.9 Å². The summed E-state index contributed by atoms with van der Waals surface area (Å²) in [5, 5.41) is 9.52. The number of hydrogen-bond donors (Lipinski definition) is 1. The lowest BCUT2D eigenvalue weighted by Gasteiger charge is -2.18. The van der Waals surface area contributed by atoms with Crippen molar-refractivity contribution in [3.8, 4) is 21.7 Å². The molecule has 0 fully saturated rings. The van der Waals surface area contributed by atoms with Crippen molar-refractivity contribution < 1.29 is 5.11 Å². The van der Waals surface area contributed by atoms with E-state index in [0.29, 0.717) is 0 Å². The van der Waals surface area contributed by atoms with Gasteiger partial charge in [-0.05, 0) is 19.4 Å². The van der Waals surface area contributed by atoms with Gasteiger partial charge in [0.05, 0.1) is 17.2 Å². The third-order valence-electron chi connectivity index (χ3n) is 3.44. The van der Waals surface area contributed by atoms with E-state index < -0.39 is 0 Å². The summed E-state index contributed by atoms with van der Waals surface area (Å²) in [6, 6.07) is 20.6. The molecule has 3 rings (SSSR count). The van der Waals surface area contributed by atoms with Crippen LogP contribution in [0.5, 0.6) is 0 Å². The normalized spacial score (nSPS) is 11.6. The largest absolute Gasteiger partial charge is 0.395 e. The Bertz CT molecular complexity index is 710. The molecule has 4 heteroatoms. The van der Waals surface area contributed by atoms with Crippen LogP contribution in [0.4, 0.5) is 0 Å². The molecular weight excluding hydrogens is 322 g/mol. The van der Waals surface area contributed by atoms with Gasteiger partial charge in [-0.25, -0.2) is 4.98 Å². The molecule has 2 aromatic carbocycles. The van der Waals surface area contributed by atoms with Crippen LogP contribution in [0.3, 0.4) is 0 Å². The lowest BCUT2D eigenvalue weighted by molar-refractivity contribution is 0.265. The van der Waals surface area contributed by atoms with Gasteiger partial charge >= 0.3 is 0 Å². The molecule has 0 saturated heterocycles. The zero-order valence-electron chi connectivity index (χ0n) is 13.2. The van der Waals surface area contributed by atoms with Gasteiger partial charge in [-0.15, -0.1) is 11.3 Å². The van der Waals surface area contributed by atoms with Gasteiger partial charge in [-0.3, -0.25) is 0 Å². The Labute approximate surface area is 145 Å². The van der Waals surface area contributed by atoms with E-state index in [4.69, 9.17) is 4.98 Å². The number of thiazole rings is 1. The van der Waals surface area contributed by atoms with E-state index in [0.717, 1.165) is 15.6 Å². The van der Waals surface area contributed by atoms with Crippen LogP contribution in [-0.4, -0.2) is 21.4 Å². The lowest BCUT2D eigenvalue weighted by Crippen LogP contribution is -2.19. The van der Waals surface area contributed by atoms with Gasteiger partial charge in [0.15, 0.2) is 4.34 Å². The fraction of sp³-hybridized carbons (Fsp3) is 0.211. The van der Waals surface area contributed by atoms with Crippen LogP contribution in [0.15, 0.2) is 65.0 Å².